The standard InChI is InChI=1S/C12H16N2OS/c15-12-13-9-11(14(12)7-4-8-16)10-5-2-1-3-6-10/h1-3,5-6,11,16H,4,7-9H2,(H,13,15). The lowest BCUT2D eigenvalue weighted by molar-refractivity contribution is 0.204. The van der Waals surface area contributed by atoms with Gasteiger partial charge in [0.15, 0.2) is 0 Å². The third-order valence-electron chi connectivity index (χ3n) is 2.83. The van der Waals surface area contributed by atoms with Crippen LogP contribution in [-0.2, 0) is 0 Å². The van der Waals surface area contributed by atoms with Gasteiger partial charge in [-0.25, -0.2) is 4.79 Å². The zero-order chi connectivity index (χ0) is 11.4. The summed E-state index contributed by atoms with van der Waals surface area (Å²) < 4.78 is 0. The number of nitrogens with zero attached hydrogens (tertiary/aromatic N) is 1. The van der Waals surface area contributed by atoms with E-state index in [0.717, 1.165) is 18.7 Å². The molecule has 1 heterocycles. The molecule has 1 aliphatic heterocycles. The van der Waals surface area contributed by atoms with Gasteiger partial charge in [0.1, 0.15) is 0 Å². The van der Waals surface area contributed by atoms with Gasteiger partial charge >= 0.3 is 6.03 Å². The molecule has 86 valence electrons. The highest BCUT2D eigenvalue weighted by molar-refractivity contribution is 7.80. The molecule has 1 saturated heterocycles. The van der Waals surface area contributed by atoms with Crippen molar-refractivity contribution >= 4 is 18.7 Å². The van der Waals surface area contributed by atoms with Crippen molar-refractivity contribution in [3.05, 3.63) is 35.9 Å². The number of carbonyl (C=O) groups is 1. The number of carbonyl (C=O) groups excluding carboxylic acids is 1. The molecule has 2 amide bonds. The van der Waals surface area contributed by atoms with Gasteiger partial charge in [-0.2, -0.15) is 12.6 Å². The Balaban J connectivity index is 2.11. The highest BCUT2D eigenvalue weighted by atomic mass is 32.1. The fourth-order valence-corrected chi connectivity index (χ4v) is 2.15. The van der Waals surface area contributed by atoms with Crippen molar-refractivity contribution in [2.24, 2.45) is 0 Å². The fourth-order valence-electron chi connectivity index (χ4n) is 2.01. The highest BCUT2D eigenvalue weighted by Crippen LogP contribution is 2.24. The van der Waals surface area contributed by atoms with Crippen LogP contribution in [0, 0.1) is 0 Å². The molecule has 0 aliphatic carbocycles. The van der Waals surface area contributed by atoms with Gasteiger partial charge < -0.3 is 10.2 Å². The summed E-state index contributed by atoms with van der Waals surface area (Å²) in [4.78, 5) is 13.5. The average molecular weight is 236 g/mol. The minimum Gasteiger partial charge on any atom is -0.336 e. The van der Waals surface area contributed by atoms with Crippen molar-refractivity contribution in [3.63, 3.8) is 0 Å². The molecule has 1 aromatic rings. The molecule has 16 heavy (non-hydrogen) atoms. The second kappa shape index (κ2) is 5.25. The summed E-state index contributed by atoms with van der Waals surface area (Å²) in [6.45, 7) is 1.48. The zero-order valence-corrected chi connectivity index (χ0v) is 9.99. The van der Waals surface area contributed by atoms with Crippen molar-refractivity contribution < 1.29 is 4.79 Å². The lowest BCUT2D eigenvalue weighted by Crippen LogP contribution is -2.31. The maximum atomic E-state index is 11.7. The van der Waals surface area contributed by atoms with Gasteiger partial charge in [-0.3, -0.25) is 0 Å². The first-order valence-electron chi connectivity index (χ1n) is 5.53. The summed E-state index contributed by atoms with van der Waals surface area (Å²) in [6, 6.07) is 10.4. The molecule has 0 spiro atoms. The molecule has 1 unspecified atom stereocenters. The molecule has 4 heteroatoms. The van der Waals surface area contributed by atoms with E-state index in [9.17, 15) is 4.79 Å². The van der Waals surface area contributed by atoms with Crippen LogP contribution in [0.3, 0.4) is 0 Å². The molecule has 1 aliphatic rings. The first kappa shape index (κ1) is 11.3. The van der Waals surface area contributed by atoms with Gasteiger partial charge in [0.25, 0.3) is 0 Å². The van der Waals surface area contributed by atoms with Crippen molar-refractivity contribution in [3.8, 4) is 0 Å². The molecule has 0 bridgehead atoms. The maximum Gasteiger partial charge on any atom is 0.318 e. The summed E-state index contributed by atoms with van der Waals surface area (Å²) in [5.41, 5.74) is 1.19. The third-order valence-corrected chi connectivity index (χ3v) is 3.14. The lowest BCUT2D eigenvalue weighted by atomic mass is 10.1. The van der Waals surface area contributed by atoms with Gasteiger partial charge in [0, 0.05) is 13.1 Å². The molecule has 3 nitrogen and oxygen atoms in total. The second-order valence-electron chi connectivity index (χ2n) is 3.88. The SMILES string of the molecule is O=C1NCC(c2ccccc2)N1CCCS. The number of rotatable bonds is 4. The molecular formula is C12H16N2OS. The van der Waals surface area contributed by atoms with Crippen LogP contribution in [0.1, 0.15) is 18.0 Å². The number of amides is 2. The Morgan fingerprint density at radius 1 is 1.38 bits per heavy atom. The molecule has 0 radical (unpaired) electrons. The van der Waals surface area contributed by atoms with Crippen LogP contribution >= 0.6 is 12.6 Å². The molecular weight excluding hydrogens is 220 g/mol. The normalized spacial score (nSPS) is 19.9. The Bertz CT molecular complexity index is 355. The van der Waals surface area contributed by atoms with E-state index >= 15 is 0 Å². The number of benzene rings is 1. The molecule has 0 saturated carbocycles. The fraction of sp³-hybridized carbons (Fsp3) is 0.417. The summed E-state index contributed by atoms with van der Waals surface area (Å²) in [5, 5.41) is 2.89. The summed E-state index contributed by atoms with van der Waals surface area (Å²) in [7, 11) is 0. The molecule has 0 aromatic heterocycles. The van der Waals surface area contributed by atoms with E-state index in [4.69, 9.17) is 0 Å². The number of urea groups is 1. The van der Waals surface area contributed by atoms with Crippen molar-refractivity contribution in [2.75, 3.05) is 18.8 Å². The van der Waals surface area contributed by atoms with Crippen molar-refractivity contribution in [1.29, 1.82) is 0 Å². The van der Waals surface area contributed by atoms with E-state index in [-0.39, 0.29) is 12.1 Å². The minimum absolute atomic E-state index is 0.0376. The van der Waals surface area contributed by atoms with Crippen molar-refractivity contribution in [2.45, 2.75) is 12.5 Å². The summed E-state index contributed by atoms with van der Waals surface area (Å²) in [5.74, 6) is 0.811. The maximum absolute atomic E-state index is 11.7. The molecule has 2 rings (SSSR count). The van der Waals surface area contributed by atoms with E-state index in [2.05, 4.69) is 30.1 Å². The monoisotopic (exact) mass is 236 g/mol. The van der Waals surface area contributed by atoms with E-state index in [1.54, 1.807) is 0 Å². The van der Waals surface area contributed by atoms with Gasteiger partial charge in [-0.1, -0.05) is 30.3 Å². The summed E-state index contributed by atoms with van der Waals surface area (Å²) >= 11 is 4.18. The summed E-state index contributed by atoms with van der Waals surface area (Å²) in [6.07, 6.45) is 0.930. The van der Waals surface area contributed by atoms with Crippen LogP contribution in [-0.4, -0.2) is 29.8 Å². The Morgan fingerprint density at radius 3 is 2.81 bits per heavy atom. The molecule has 1 N–H and O–H groups in total. The Labute approximate surface area is 101 Å². The predicted octanol–water partition coefficient (Wildman–Crippen LogP) is 2.07. The quantitative estimate of drug-likeness (QED) is 0.771. The van der Waals surface area contributed by atoms with Crippen LogP contribution in [0.15, 0.2) is 30.3 Å². The third kappa shape index (κ3) is 2.32. The van der Waals surface area contributed by atoms with Crippen molar-refractivity contribution in [1.82, 2.24) is 10.2 Å². The number of hydrogen-bond acceptors (Lipinski definition) is 2. The molecule has 1 atom stereocenters. The molecule has 1 fully saturated rings. The molecule has 1 aromatic carbocycles. The van der Waals surface area contributed by atoms with Gasteiger partial charge in [0.05, 0.1) is 6.04 Å². The smallest absolute Gasteiger partial charge is 0.318 e. The number of hydrogen-bond donors (Lipinski definition) is 2. The average Bonchev–Trinajstić information content (AvgIpc) is 2.69. The highest BCUT2D eigenvalue weighted by Gasteiger charge is 2.30. The first-order valence-corrected chi connectivity index (χ1v) is 6.16. The Morgan fingerprint density at radius 2 is 2.12 bits per heavy atom. The largest absolute Gasteiger partial charge is 0.336 e. The minimum atomic E-state index is 0.0376. The predicted molar refractivity (Wildman–Crippen MR) is 67.8 cm³/mol. The van der Waals surface area contributed by atoms with Crippen LogP contribution < -0.4 is 5.32 Å². The van der Waals surface area contributed by atoms with E-state index in [1.165, 1.54) is 5.56 Å². The van der Waals surface area contributed by atoms with Gasteiger partial charge in [-0.05, 0) is 17.7 Å². The number of thiol groups is 1. The zero-order valence-electron chi connectivity index (χ0n) is 9.10. The van der Waals surface area contributed by atoms with E-state index < -0.39 is 0 Å². The second-order valence-corrected chi connectivity index (χ2v) is 4.33. The van der Waals surface area contributed by atoms with E-state index in [1.807, 2.05) is 23.1 Å². The Kier molecular flexibility index (Phi) is 3.72. The first-order chi connectivity index (χ1) is 7.83. The van der Waals surface area contributed by atoms with Gasteiger partial charge in [-0.15, -0.1) is 0 Å². The van der Waals surface area contributed by atoms with Crippen LogP contribution in [0.5, 0.6) is 0 Å². The topological polar surface area (TPSA) is 32.3 Å². The van der Waals surface area contributed by atoms with Crippen LogP contribution in [0.2, 0.25) is 0 Å². The lowest BCUT2D eigenvalue weighted by Gasteiger charge is -2.23. The van der Waals surface area contributed by atoms with Crippen LogP contribution in [0.25, 0.3) is 0 Å². The van der Waals surface area contributed by atoms with E-state index in [0.29, 0.717) is 6.54 Å². The van der Waals surface area contributed by atoms with Crippen LogP contribution in [0.4, 0.5) is 4.79 Å². The number of nitrogens with one attached hydrogen (secondary N) is 1. The Hall–Kier alpha value is -1.16. The van der Waals surface area contributed by atoms with Gasteiger partial charge in [0.2, 0.25) is 0 Å².